The van der Waals surface area contributed by atoms with Gasteiger partial charge in [0.2, 0.25) is 35.4 Å². The van der Waals surface area contributed by atoms with Crippen LogP contribution in [-0.4, -0.2) is 252 Å². The van der Waals surface area contributed by atoms with Gasteiger partial charge in [-0.1, -0.05) is 120 Å². The summed E-state index contributed by atoms with van der Waals surface area (Å²) in [5.74, 6) is -13.5. The minimum atomic E-state index is -3.50. The van der Waals surface area contributed by atoms with E-state index in [1.807, 2.05) is 39.6 Å². The Labute approximate surface area is 846 Å². The fraction of sp³-hybridized carbons (Fsp3) is 0.663. The number of hydrogen-bond donors (Lipinski definition) is 3. The summed E-state index contributed by atoms with van der Waals surface area (Å²) in [6.07, 6.45) is 4.81. The van der Waals surface area contributed by atoms with Crippen LogP contribution < -0.4 is 44.4 Å². The van der Waals surface area contributed by atoms with Crippen LogP contribution in [0.1, 0.15) is 197 Å². The largest absolute Gasteiger partial charge is 0.540 e. The summed E-state index contributed by atoms with van der Waals surface area (Å²) >= 11 is 0. The Kier molecular flexibility index (Phi) is 36.1. The van der Waals surface area contributed by atoms with E-state index in [2.05, 4.69) is 45.9 Å². The third-order valence-electron chi connectivity index (χ3n) is 28.6. The smallest absolute Gasteiger partial charge is 0.408 e. The van der Waals surface area contributed by atoms with Gasteiger partial charge in [0, 0.05) is 111 Å². The first-order valence-electron chi connectivity index (χ1n) is 47.3. The zero-order valence-corrected chi connectivity index (χ0v) is 85.8. The first-order chi connectivity index (χ1) is 64.9. The normalized spacial score (nSPS) is 30.4. The average molecular weight is 2070 g/mol. The molecule has 0 spiro atoms. The number of methoxy groups -OCH3 is 3. The number of hydrogen-bond acceptors (Lipinski definition) is 27. The van der Waals surface area contributed by atoms with Crippen LogP contribution in [0, 0.1) is 63.6 Å². The van der Waals surface area contributed by atoms with E-state index in [1.165, 1.54) is 36.0 Å². The van der Waals surface area contributed by atoms with Gasteiger partial charge in [-0.05, 0) is 141 Å². The molecule has 3 aromatic carbocycles. The molecule has 4 saturated carbocycles. The molecule has 3 aromatic heterocycles. The second-order valence-electron chi connectivity index (χ2n) is 40.9. The number of rotatable bonds is 9. The van der Waals surface area contributed by atoms with Crippen LogP contribution in [0.15, 0.2) is 54.6 Å². The van der Waals surface area contributed by atoms with E-state index in [0.29, 0.717) is 80.5 Å². The Bertz CT molecular complexity index is 5330. The number of aromatic nitrogens is 6. The van der Waals surface area contributed by atoms with Crippen molar-refractivity contribution in [3.8, 4) is 34.9 Å². The molecule has 7 fully saturated rings. The zero-order chi connectivity index (χ0) is 98.9. The van der Waals surface area contributed by atoms with Crippen molar-refractivity contribution in [3.63, 3.8) is 0 Å². The number of halogens is 6. The standard InChI is InChI=1S/C33H41F2N4O7.C33H43F2N4O7.C32H41F2N4O7.3V/c1-6-19-24(15-40)39-14-26(19)45-29-27(36-22-8-7-18(43-5)13-23(22)37-29)33(34,35)9-10-44-16-21-20-11-17(20)12-25(21)46-31(42)38-28(30(39)41)32(2,3)4;1-7-21-24(17-40)39-16-25(21)45-28-26(36-22-11-10-20(43-6)15-23(22)37-28)33(34,35)13-14-44-18-19-9-8-12-32(19,5)46-30(42)38-27(29(39)41)31(2,3)4;1-6-20-23(16-39)38-15-25(20)44-28-26(35-21-11-10-19(42-5)14-22(21)36-28)32(33,34)12-13-43-17-18-8-7-9-24(18)45-30(41)37-27(29(38)40)31(2,3)4;;;/h7-8,13,17,19-21,24-26,28H,6,9-12,14,16H2,1-5H3,(H,38,42);10-11,15,19,21,24-25,27H,7-9,12-14,16,18H2,1-6H3,(H,38,42);10-11,14,18,20,23-25,27H,6-9,12-13,15,17H2,1-5H3,(H,37,41);;;/q3*-1;;;/t17?,19-,20?,21+,24+,25+,26-,28+;19-,21-,24+,25-,27+,32+;18-,20-,23+,24+,25-,27+;;;/m000.../s1. The SMILES string of the molecule is CC[C@@H]1[C@@H]2CN(C(=O)[C@H](C(C)(C)C)NC(=O)O[C@@H]3CC4CC4[C@H]3COCCC(F)(F)c3nc4ccc(OC)cc4nc3O2)[C@@H]1[C-]=O.CC[C@@H]1[C@@H]2CN(C(=O)[C@H](C(C)(C)C)NC(=O)O[C@@H]3CCC[C@H]3COCCC(F)(F)c3nc4ccc(OC)cc4nc3O2)[C@@H]1[C-]=O.CC[C@@H]1[C@@H]2CN(C(=O)[C@H](C(C)(C)C)NC(=O)O[C@]3(C)CCC[C@H]3COCCC(F)(F)c3nc4ccc(OC)cc4nc3O2)[C@@H]1[C-]=O.[V].[V].[V]. The molecular weight excluding hydrogens is 1950 g/mol. The van der Waals surface area contributed by atoms with E-state index in [1.54, 1.807) is 124 Å². The fourth-order valence-electron chi connectivity index (χ4n) is 20.6. The Morgan fingerprint density at radius 3 is 1.13 bits per heavy atom. The van der Waals surface area contributed by atoms with Gasteiger partial charge in [-0.25, -0.2) is 63.1 Å². The van der Waals surface area contributed by atoms with Gasteiger partial charge in [0.1, 0.15) is 71.5 Å². The summed E-state index contributed by atoms with van der Waals surface area (Å²) in [6.45, 7) is 22.7. The zero-order valence-electron chi connectivity index (χ0n) is 81.6. The molecule has 33 nitrogen and oxygen atoms in total. The summed E-state index contributed by atoms with van der Waals surface area (Å²) in [4.78, 5) is 149. The van der Waals surface area contributed by atoms with Gasteiger partial charge < -0.3 is 102 Å². The van der Waals surface area contributed by atoms with E-state index in [4.69, 9.17) is 56.8 Å². The summed E-state index contributed by atoms with van der Waals surface area (Å²) in [7, 11) is 4.44. The number of fused-ring (bicyclic) bond motifs is 17. The van der Waals surface area contributed by atoms with Crippen molar-refractivity contribution in [1.29, 1.82) is 0 Å². The molecule has 3 radical (unpaired) electrons. The minimum Gasteiger partial charge on any atom is -0.540 e. The number of nitrogens with one attached hydrogen (secondary N) is 3. The summed E-state index contributed by atoms with van der Waals surface area (Å²) < 4.78 is 165. The molecule has 42 heteroatoms. The van der Waals surface area contributed by atoms with Gasteiger partial charge in [0.15, 0.2) is 17.1 Å². The quantitative estimate of drug-likeness (QED) is 0.0687. The first-order valence-corrected chi connectivity index (χ1v) is 47.3. The summed E-state index contributed by atoms with van der Waals surface area (Å²) in [5, 5.41) is 8.29. The Balaban J connectivity index is 0.000000199. The maximum Gasteiger partial charge on any atom is 0.408 e. The van der Waals surface area contributed by atoms with Gasteiger partial charge in [-0.3, -0.25) is 14.4 Å². The molecule has 10 aliphatic rings. The number of carbonyl (C=O) groups is 6. The molecule has 2 unspecified atom stereocenters. The van der Waals surface area contributed by atoms with Crippen molar-refractivity contribution in [2.45, 2.75) is 270 Å². The maximum atomic E-state index is 16.0. The van der Waals surface area contributed by atoms with Gasteiger partial charge in [0.05, 0.1) is 114 Å². The molecule has 6 amide bonds. The summed E-state index contributed by atoms with van der Waals surface area (Å²) in [6, 6.07) is 7.88. The minimum absolute atomic E-state index is 0. The van der Waals surface area contributed by atoms with Crippen LogP contribution in [0.3, 0.4) is 0 Å². The molecule has 6 aliphatic heterocycles. The first kappa shape index (κ1) is 111. The van der Waals surface area contributed by atoms with Crippen molar-refractivity contribution >= 4 is 88.0 Å². The Morgan fingerprint density at radius 2 is 0.771 bits per heavy atom. The Hall–Kier alpha value is -9.08. The molecular formula is C98H125F6N12O21V3-3. The number of alkyl carbamates (subject to hydrolysis) is 3. The molecule has 3 saturated heterocycles. The number of alkyl halides is 6. The average Bonchev–Trinajstić information content (AvgIpc) is 1.59. The third kappa shape index (κ3) is 24.4. The molecule has 140 heavy (non-hydrogen) atoms. The van der Waals surface area contributed by atoms with Crippen molar-refractivity contribution < 1.29 is 182 Å². The van der Waals surface area contributed by atoms with Crippen molar-refractivity contribution in [3.05, 3.63) is 71.7 Å². The Morgan fingerprint density at radius 1 is 0.414 bits per heavy atom. The summed E-state index contributed by atoms with van der Waals surface area (Å²) in [5.41, 5.74) is -3.65. The van der Waals surface area contributed by atoms with E-state index in [9.17, 15) is 43.2 Å². The second kappa shape index (κ2) is 45.5. The molecule has 4 aliphatic carbocycles. The molecule has 763 valence electrons. The van der Waals surface area contributed by atoms with Crippen molar-refractivity contribution in [2.24, 2.45) is 63.6 Å². The van der Waals surface area contributed by atoms with Gasteiger partial charge >= 0.3 is 18.3 Å². The maximum absolute atomic E-state index is 16.0. The van der Waals surface area contributed by atoms with Crippen LogP contribution >= 0.6 is 0 Å². The fourth-order valence-corrected chi connectivity index (χ4v) is 20.6. The predicted molar refractivity (Wildman–Crippen MR) is 483 cm³/mol. The van der Waals surface area contributed by atoms with Gasteiger partial charge in [-0.15, -0.1) is 0 Å². The topological polar surface area (TPSA) is 388 Å². The van der Waals surface area contributed by atoms with Crippen LogP contribution in [0.4, 0.5) is 40.7 Å². The van der Waals surface area contributed by atoms with Crippen LogP contribution in [0.2, 0.25) is 0 Å². The van der Waals surface area contributed by atoms with Gasteiger partial charge in [-0.2, -0.15) is 26.3 Å². The number of amides is 6. The van der Waals surface area contributed by atoms with E-state index in [-0.39, 0.29) is 172 Å². The van der Waals surface area contributed by atoms with Gasteiger partial charge in [0.25, 0.3) is 17.8 Å². The second-order valence-corrected chi connectivity index (χ2v) is 40.9. The number of benzene rings is 3. The third-order valence-corrected chi connectivity index (χ3v) is 28.6. The van der Waals surface area contributed by atoms with E-state index < -0.39 is 208 Å². The molecule has 9 heterocycles. The monoisotopic (exact) mass is 2070 g/mol. The van der Waals surface area contributed by atoms with Crippen molar-refractivity contribution in [2.75, 3.05) is 80.6 Å². The van der Waals surface area contributed by atoms with Crippen LogP contribution in [0.25, 0.3) is 33.1 Å². The van der Waals surface area contributed by atoms with Crippen LogP contribution in [-0.2, 0) is 131 Å². The number of carbonyl (C=O) groups excluding carboxylic acids is 9. The number of nitrogens with zero attached hydrogens (tertiary/aromatic N) is 9. The molecule has 20 atom stereocenters. The van der Waals surface area contributed by atoms with Crippen LogP contribution in [0.5, 0.6) is 34.9 Å². The molecule has 6 aromatic rings. The van der Waals surface area contributed by atoms with E-state index >= 15 is 26.3 Å². The number of ether oxygens (including phenoxy) is 12. The molecule has 16 rings (SSSR count). The van der Waals surface area contributed by atoms with Crippen molar-refractivity contribution in [1.82, 2.24) is 60.6 Å². The molecule has 3 N–H and O–H groups in total. The predicted octanol–water partition coefficient (Wildman–Crippen LogP) is 13.9. The van der Waals surface area contributed by atoms with E-state index in [0.717, 1.165) is 19.3 Å². The molecule has 6 bridgehead atoms.